The van der Waals surface area contributed by atoms with Gasteiger partial charge >= 0.3 is 0 Å². The van der Waals surface area contributed by atoms with E-state index >= 15 is 0 Å². The number of halogens is 1. The molecule has 28 heavy (non-hydrogen) atoms. The van der Waals surface area contributed by atoms with Crippen LogP contribution in [-0.4, -0.2) is 48.3 Å². The van der Waals surface area contributed by atoms with Gasteiger partial charge in [0.25, 0.3) is 5.91 Å². The number of carbonyl (C=O) groups is 3. The highest BCUT2D eigenvalue weighted by molar-refractivity contribution is 6.30. The van der Waals surface area contributed by atoms with Gasteiger partial charge in [-0.1, -0.05) is 31.9 Å². The lowest BCUT2D eigenvalue weighted by Crippen LogP contribution is -2.50. The highest BCUT2D eigenvalue weighted by Gasteiger charge is 2.24. The van der Waals surface area contributed by atoms with Crippen molar-refractivity contribution in [2.45, 2.75) is 52.0 Å². The Labute approximate surface area is 172 Å². The van der Waals surface area contributed by atoms with E-state index in [1.54, 1.807) is 24.3 Å². The number of likely N-dealkylation sites (tertiary alicyclic amines) is 1. The van der Waals surface area contributed by atoms with E-state index in [0.29, 0.717) is 36.5 Å². The van der Waals surface area contributed by atoms with Gasteiger partial charge in [0.15, 0.2) is 0 Å². The monoisotopic (exact) mass is 407 g/mol. The topological polar surface area (TPSA) is 78.5 Å². The van der Waals surface area contributed by atoms with Crippen LogP contribution in [0.3, 0.4) is 0 Å². The van der Waals surface area contributed by atoms with Gasteiger partial charge in [0.2, 0.25) is 11.8 Å². The lowest BCUT2D eigenvalue weighted by atomic mass is 10.0. The molecule has 1 aromatic rings. The number of benzene rings is 1. The van der Waals surface area contributed by atoms with Crippen molar-refractivity contribution in [1.29, 1.82) is 0 Å². The van der Waals surface area contributed by atoms with Gasteiger partial charge in [-0.2, -0.15) is 0 Å². The summed E-state index contributed by atoms with van der Waals surface area (Å²) in [6, 6.07) is 5.93. The molecule has 0 spiro atoms. The van der Waals surface area contributed by atoms with Gasteiger partial charge < -0.3 is 15.5 Å². The van der Waals surface area contributed by atoms with Crippen molar-refractivity contribution in [2.24, 2.45) is 5.92 Å². The zero-order valence-electron chi connectivity index (χ0n) is 16.7. The summed E-state index contributed by atoms with van der Waals surface area (Å²) in [4.78, 5) is 38.8. The summed E-state index contributed by atoms with van der Waals surface area (Å²) in [5.74, 6) is -0.359. The highest BCUT2D eigenvalue weighted by atomic mass is 35.5. The SMILES string of the molecule is CC(C)C(NC(=O)c1ccc(Cl)cc1)C(=O)NCCCN1CCCCCC1=O. The van der Waals surface area contributed by atoms with E-state index in [1.807, 2.05) is 18.7 Å². The Morgan fingerprint density at radius 2 is 1.86 bits per heavy atom. The van der Waals surface area contributed by atoms with Crippen LogP contribution < -0.4 is 10.6 Å². The van der Waals surface area contributed by atoms with Crippen molar-refractivity contribution in [3.63, 3.8) is 0 Å². The highest BCUT2D eigenvalue weighted by Crippen LogP contribution is 2.12. The summed E-state index contributed by atoms with van der Waals surface area (Å²) < 4.78 is 0. The minimum atomic E-state index is -0.622. The largest absolute Gasteiger partial charge is 0.354 e. The summed E-state index contributed by atoms with van der Waals surface area (Å²) in [5.41, 5.74) is 0.461. The van der Waals surface area contributed by atoms with Crippen LogP contribution in [0.1, 0.15) is 56.3 Å². The maximum absolute atomic E-state index is 12.5. The van der Waals surface area contributed by atoms with Gasteiger partial charge in [-0.25, -0.2) is 0 Å². The molecule has 1 unspecified atom stereocenters. The van der Waals surface area contributed by atoms with Crippen LogP contribution in [0.25, 0.3) is 0 Å². The molecule has 1 aliphatic heterocycles. The number of carbonyl (C=O) groups excluding carboxylic acids is 3. The van der Waals surface area contributed by atoms with Gasteiger partial charge in [-0.3, -0.25) is 14.4 Å². The first kappa shape index (κ1) is 22.2. The van der Waals surface area contributed by atoms with E-state index in [4.69, 9.17) is 11.6 Å². The standard InChI is InChI=1S/C21H30ClN3O3/c1-15(2)19(24-20(27)16-8-10-17(22)11-9-16)21(28)23-12-6-14-25-13-5-3-4-7-18(25)26/h8-11,15,19H,3-7,12-14H2,1-2H3,(H,23,28)(H,24,27). The molecule has 6 nitrogen and oxygen atoms in total. The van der Waals surface area contributed by atoms with Crippen molar-refractivity contribution in [2.75, 3.05) is 19.6 Å². The van der Waals surface area contributed by atoms with Gasteiger partial charge in [-0.15, -0.1) is 0 Å². The molecule has 0 saturated carbocycles. The Balaban J connectivity index is 1.81. The van der Waals surface area contributed by atoms with Crippen LogP contribution in [0, 0.1) is 5.92 Å². The number of amides is 3. The van der Waals surface area contributed by atoms with Crippen LogP contribution in [0.15, 0.2) is 24.3 Å². The quantitative estimate of drug-likeness (QED) is 0.650. The first-order valence-electron chi connectivity index (χ1n) is 10.0. The van der Waals surface area contributed by atoms with Crippen molar-refractivity contribution in [3.05, 3.63) is 34.9 Å². The lowest BCUT2D eigenvalue weighted by molar-refractivity contribution is -0.130. The van der Waals surface area contributed by atoms with E-state index in [9.17, 15) is 14.4 Å². The van der Waals surface area contributed by atoms with Crippen molar-refractivity contribution < 1.29 is 14.4 Å². The molecule has 154 valence electrons. The molecular weight excluding hydrogens is 378 g/mol. The molecule has 0 aliphatic carbocycles. The summed E-state index contributed by atoms with van der Waals surface area (Å²) in [6.07, 6.45) is 4.44. The first-order valence-corrected chi connectivity index (χ1v) is 10.4. The van der Waals surface area contributed by atoms with Crippen molar-refractivity contribution >= 4 is 29.3 Å². The molecule has 1 saturated heterocycles. The zero-order valence-corrected chi connectivity index (χ0v) is 17.4. The molecule has 3 amide bonds. The molecule has 2 N–H and O–H groups in total. The third-order valence-corrected chi connectivity index (χ3v) is 5.17. The Kier molecular flexibility index (Phi) is 8.77. The molecule has 1 heterocycles. The zero-order chi connectivity index (χ0) is 20.5. The van der Waals surface area contributed by atoms with Crippen molar-refractivity contribution in [3.8, 4) is 0 Å². The molecule has 1 fully saturated rings. The van der Waals surface area contributed by atoms with E-state index in [-0.39, 0.29) is 23.6 Å². The Hall–Kier alpha value is -2.08. The normalized spacial score (nSPS) is 15.9. The summed E-state index contributed by atoms with van der Waals surface area (Å²) in [7, 11) is 0. The summed E-state index contributed by atoms with van der Waals surface area (Å²) >= 11 is 5.85. The number of hydrogen-bond donors (Lipinski definition) is 2. The predicted molar refractivity (Wildman–Crippen MR) is 110 cm³/mol. The summed E-state index contributed by atoms with van der Waals surface area (Å²) in [6.45, 7) is 5.72. The van der Waals surface area contributed by atoms with E-state index in [2.05, 4.69) is 10.6 Å². The number of nitrogens with one attached hydrogen (secondary N) is 2. The second-order valence-corrected chi connectivity index (χ2v) is 7.97. The van der Waals surface area contributed by atoms with Crippen LogP contribution >= 0.6 is 11.6 Å². The number of nitrogens with zero attached hydrogens (tertiary/aromatic N) is 1. The maximum Gasteiger partial charge on any atom is 0.251 e. The minimum absolute atomic E-state index is 0.0524. The number of hydrogen-bond acceptors (Lipinski definition) is 3. The van der Waals surface area contributed by atoms with Crippen LogP contribution in [0.2, 0.25) is 5.02 Å². The molecule has 2 rings (SSSR count). The van der Waals surface area contributed by atoms with E-state index in [0.717, 1.165) is 25.8 Å². The first-order chi connectivity index (χ1) is 13.4. The van der Waals surface area contributed by atoms with Crippen LogP contribution in [-0.2, 0) is 9.59 Å². The van der Waals surface area contributed by atoms with Crippen molar-refractivity contribution in [1.82, 2.24) is 15.5 Å². The second-order valence-electron chi connectivity index (χ2n) is 7.54. The van der Waals surface area contributed by atoms with Gasteiger partial charge in [0.05, 0.1) is 0 Å². The van der Waals surface area contributed by atoms with Crippen LogP contribution in [0.5, 0.6) is 0 Å². The summed E-state index contributed by atoms with van der Waals surface area (Å²) in [5, 5.41) is 6.24. The molecule has 0 aromatic heterocycles. The Morgan fingerprint density at radius 1 is 1.14 bits per heavy atom. The van der Waals surface area contributed by atoms with E-state index < -0.39 is 6.04 Å². The Morgan fingerprint density at radius 3 is 2.54 bits per heavy atom. The van der Waals surface area contributed by atoms with Gasteiger partial charge in [-0.05, 0) is 49.4 Å². The smallest absolute Gasteiger partial charge is 0.251 e. The average molecular weight is 408 g/mol. The molecule has 0 radical (unpaired) electrons. The average Bonchev–Trinajstić information content (AvgIpc) is 2.87. The van der Waals surface area contributed by atoms with E-state index in [1.165, 1.54) is 0 Å². The second kappa shape index (κ2) is 11.1. The third kappa shape index (κ3) is 6.82. The molecule has 1 aliphatic rings. The fourth-order valence-electron chi connectivity index (χ4n) is 3.23. The number of rotatable bonds is 8. The molecule has 0 bridgehead atoms. The molecule has 7 heteroatoms. The maximum atomic E-state index is 12.5. The lowest BCUT2D eigenvalue weighted by Gasteiger charge is -2.23. The minimum Gasteiger partial charge on any atom is -0.354 e. The Bertz CT molecular complexity index is 676. The third-order valence-electron chi connectivity index (χ3n) is 4.92. The molecular formula is C21H30ClN3O3. The predicted octanol–water partition coefficient (Wildman–Crippen LogP) is 3.00. The van der Waals surface area contributed by atoms with Gasteiger partial charge in [0, 0.05) is 36.6 Å². The van der Waals surface area contributed by atoms with Gasteiger partial charge in [0.1, 0.15) is 6.04 Å². The fraction of sp³-hybridized carbons (Fsp3) is 0.571. The van der Waals surface area contributed by atoms with Crippen LogP contribution in [0.4, 0.5) is 0 Å². The molecule has 1 aromatic carbocycles. The molecule has 1 atom stereocenters. The fourth-order valence-corrected chi connectivity index (χ4v) is 3.35.